The molecule has 1 fully saturated rings. The Morgan fingerprint density at radius 3 is 2.47 bits per heavy atom. The monoisotopic (exact) mass is 393 g/mol. The van der Waals surface area contributed by atoms with Crippen LogP contribution in [0.3, 0.4) is 0 Å². The highest BCUT2D eigenvalue weighted by Gasteiger charge is 2.10. The van der Waals surface area contributed by atoms with E-state index in [1.807, 2.05) is 0 Å². The van der Waals surface area contributed by atoms with Crippen LogP contribution < -0.4 is 4.90 Å². The molecule has 0 unspecified atom stereocenters. The second kappa shape index (κ2) is 8.58. The minimum Gasteiger partial charge on any atom is -0.372 e. The van der Waals surface area contributed by atoms with Crippen molar-refractivity contribution in [1.29, 1.82) is 0 Å². The zero-order valence-corrected chi connectivity index (χ0v) is 17.2. The summed E-state index contributed by atoms with van der Waals surface area (Å²) >= 11 is 0. The molecule has 150 valence electrons. The van der Waals surface area contributed by atoms with Crippen molar-refractivity contribution >= 4 is 36.1 Å². The Morgan fingerprint density at radius 1 is 0.800 bits per heavy atom. The van der Waals surface area contributed by atoms with Gasteiger partial charge in [0.2, 0.25) is 0 Å². The third kappa shape index (κ3) is 4.30. The van der Waals surface area contributed by atoms with E-state index in [-0.39, 0.29) is 0 Å². The molecule has 3 heteroatoms. The van der Waals surface area contributed by atoms with Crippen molar-refractivity contribution < 1.29 is 0 Å². The smallest absolute Gasteiger partial charge is 0.0854 e. The summed E-state index contributed by atoms with van der Waals surface area (Å²) < 4.78 is 0. The summed E-state index contributed by atoms with van der Waals surface area (Å²) in [5, 5.41) is 7.52. The fourth-order valence-electron chi connectivity index (χ4n) is 4.22. The Bertz CT molecular complexity index is 1090. The van der Waals surface area contributed by atoms with E-state index in [0.717, 1.165) is 17.8 Å². The Morgan fingerprint density at radius 2 is 1.60 bits per heavy atom. The Balaban J connectivity index is 1.21. The lowest BCUT2D eigenvalue weighted by atomic mass is 10.1. The van der Waals surface area contributed by atoms with Gasteiger partial charge in [-0.05, 0) is 78.3 Å². The number of nitrogens with one attached hydrogen (secondary N) is 1. The van der Waals surface area contributed by atoms with E-state index in [9.17, 15) is 0 Å². The van der Waals surface area contributed by atoms with Crippen molar-refractivity contribution in [2.75, 3.05) is 18.0 Å². The van der Waals surface area contributed by atoms with E-state index in [1.54, 1.807) is 0 Å². The number of benzene rings is 2. The normalized spacial score (nSPS) is 16.1. The first-order valence-electron chi connectivity index (χ1n) is 10.9. The van der Waals surface area contributed by atoms with Crippen LogP contribution in [0.4, 0.5) is 5.69 Å². The summed E-state index contributed by atoms with van der Waals surface area (Å²) in [5.41, 5.74) is 8.43. The number of aromatic nitrogens is 2. The molecule has 3 aromatic rings. The Hall–Kier alpha value is -3.33. The van der Waals surface area contributed by atoms with Crippen LogP contribution in [-0.2, 0) is 6.42 Å². The van der Waals surface area contributed by atoms with Gasteiger partial charge in [-0.2, -0.15) is 5.10 Å². The summed E-state index contributed by atoms with van der Waals surface area (Å²) in [7, 11) is 0. The average molecular weight is 394 g/mol. The number of hydrogen-bond donors (Lipinski definition) is 1. The number of rotatable bonds is 5. The highest BCUT2D eigenvalue weighted by atomic mass is 15.1. The van der Waals surface area contributed by atoms with Gasteiger partial charge in [0.1, 0.15) is 0 Å². The topological polar surface area (TPSA) is 31.9 Å². The SMILES string of the molecule is C1=Cc2ccc(/C=C/c3cc(/C=C/c4ccc(N5CCCCC5)cc4)[nH]n3)cc2C1. The zero-order valence-electron chi connectivity index (χ0n) is 17.2. The second-order valence-corrected chi connectivity index (χ2v) is 8.12. The van der Waals surface area contributed by atoms with Gasteiger partial charge >= 0.3 is 0 Å². The van der Waals surface area contributed by atoms with Crippen LogP contribution in [0, 0.1) is 0 Å². The maximum atomic E-state index is 4.41. The summed E-state index contributed by atoms with van der Waals surface area (Å²) in [6, 6.07) is 17.5. The maximum absolute atomic E-state index is 4.41. The Kier molecular flexibility index (Phi) is 5.34. The molecule has 0 bridgehead atoms. The molecule has 2 aromatic carbocycles. The molecule has 0 saturated carbocycles. The zero-order chi connectivity index (χ0) is 20.2. The lowest BCUT2D eigenvalue weighted by Crippen LogP contribution is -2.29. The molecule has 0 radical (unpaired) electrons. The first kappa shape index (κ1) is 18.7. The molecule has 1 saturated heterocycles. The molecule has 0 spiro atoms. The fraction of sp³-hybridized carbons (Fsp3) is 0.222. The Labute approximate surface area is 178 Å². The van der Waals surface area contributed by atoms with Crippen LogP contribution in [0.1, 0.15) is 52.9 Å². The second-order valence-electron chi connectivity index (χ2n) is 8.12. The van der Waals surface area contributed by atoms with Crippen LogP contribution in [-0.4, -0.2) is 23.3 Å². The van der Waals surface area contributed by atoms with Crippen molar-refractivity contribution in [2.24, 2.45) is 0 Å². The summed E-state index contributed by atoms with van der Waals surface area (Å²) in [5.74, 6) is 0. The van der Waals surface area contributed by atoms with E-state index in [0.29, 0.717) is 0 Å². The number of allylic oxidation sites excluding steroid dienone is 1. The molecule has 2 aliphatic rings. The predicted octanol–water partition coefficient (Wildman–Crippen LogP) is 6.31. The van der Waals surface area contributed by atoms with Gasteiger partial charge in [0, 0.05) is 18.8 Å². The van der Waals surface area contributed by atoms with E-state index in [1.165, 1.54) is 60.3 Å². The van der Waals surface area contributed by atoms with Crippen LogP contribution in [0.2, 0.25) is 0 Å². The van der Waals surface area contributed by atoms with Crippen LogP contribution >= 0.6 is 0 Å². The minimum atomic E-state index is 0.939. The van der Waals surface area contributed by atoms with Crippen molar-refractivity contribution in [3.63, 3.8) is 0 Å². The van der Waals surface area contributed by atoms with Gasteiger partial charge in [0.05, 0.1) is 11.4 Å². The van der Waals surface area contributed by atoms with Crippen molar-refractivity contribution in [3.05, 3.63) is 88.2 Å². The first-order chi connectivity index (χ1) is 14.8. The fourth-order valence-corrected chi connectivity index (χ4v) is 4.22. The quantitative estimate of drug-likeness (QED) is 0.551. The minimum absolute atomic E-state index is 0.939. The summed E-state index contributed by atoms with van der Waals surface area (Å²) in [4.78, 5) is 2.49. The molecule has 1 N–H and O–H groups in total. The van der Waals surface area contributed by atoms with E-state index in [2.05, 4.69) is 100 Å². The van der Waals surface area contributed by atoms with Crippen molar-refractivity contribution in [2.45, 2.75) is 25.7 Å². The van der Waals surface area contributed by atoms with Crippen LogP contribution in [0.5, 0.6) is 0 Å². The van der Waals surface area contributed by atoms with Crippen molar-refractivity contribution in [1.82, 2.24) is 10.2 Å². The molecule has 2 heterocycles. The highest BCUT2D eigenvalue weighted by molar-refractivity contribution is 5.73. The molecular formula is C27H27N3. The number of aromatic amines is 1. The lowest BCUT2D eigenvalue weighted by molar-refractivity contribution is 0.578. The third-order valence-corrected chi connectivity index (χ3v) is 5.94. The van der Waals surface area contributed by atoms with Gasteiger partial charge in [-0.3, -0.25) is 5.10 Å². The van der Waals surface area contributed by atoms with Crippen LogP contribution in [0.15, 0.2) is 54.6 Å². The molecule has 30 heavy (non-hydrogen) atoms. The van der Waals surface area contributed by atoms with Gasteiger partial charge in [0.25, 0.3) is 0 Å². The molecule has 3 nitrogen and oxygen atoms in total. The van der Waals surface area contributed by atoms with Gasteiger partial charge in [0.15, 0.2) is 0 Å². The standard InChI is InChI=1S/C27H27N3/c1-2-17-30(18-3-1)27-15-10-21(11-16-27)8-13-25-20-26(29-28-25)14-9-22-7-12-23-5-4-6-24(23)19-22/h4-5,7-16,19-20H,1-3,6,17-18H2,(H,28,29)/b13-8+,14-9+. The van der Waals surface area contributed by atoms with E-state index >= 15 is 0 Å². The molecular weight excluding hydrogens is 366 g/mol. The predicted molar refractivity (Wildman–Crippen MR) is 128 cm³/mol. The number of piperidine rings is 1. The van der Waals surface area contributed by atoms with Crippen LogP contribution in [0.25, 0.3) is 30.4 Å². The van der Waals surface area contributed by atoms with E-state index < -0.39 is 0 Å². The molecule has 5 rings (SSSR count). The van der Waals surface area contributed by atoms with Gasteiger partial charge in [-0.25, -0.2) is 0 Å². The van der Waals surface area contributed by atoms with Gasteiger partial charge in [-0.1, -0.05) is 54.6 Å². The summed E-state index contributed by atoms with van der Waals surface area (Å²) in [6.45, 7) is 2.37. The number of hydrogen-bond acceptors (Lipinski definition) is 2. The molecule has 1 aromatic heterocycles. The number of H-pyrrole nitrogens is 1. The maximum Gasteiger partial charge on any atom is 0.0854 e. The first-order valence-corrected chi connectivity index (χ1v) is 10.9. The van der Waals surface area contributed by atoms with Gasteiger partial charge < -0.3 is 4.90 Å². The molecule has 1 aliphatic carbocycles. The number of anilines is 1. The molecule has 0 atom stereocenters. The van der Waals surface area contributed by atoms with Gasteiger partial charge in [-0.15, -0.1) is 0 Å². The highest BCUT2D eigenvalue weighted by Crippen LogP contribution is 2.22. The number of nitrogens with zero attached hydrogens (tertiary/aromatic N) is 2. The number of fused-ring (bicyclic) bond motifs is 1. The lowest BCUT2D eigenvalue weighted by Gasteiger charge is -2.28. The largest absolute Gasteiger partial charge is 0.372 e. The summed E-state index contributed by atoms with van der Waals surface area (Å²) in [6.07, 6.45) is 17.8. The average Bonchev–Trinajstić information content (AvgIpc) is 3.46. The molecule has 1 aliphatic heterocycles. The van der Waals surface area contributed by atoms with Crippen molar-refractivity contribution in [3.8, 4) is 0 Å². The third-order valence-electron chi connectivity index (χ3n) is 5.94. The van der Waals surface area contributed by atoms with E-state index in [4.69, 9.17) is 0 Å². The molecule has 0 amide bonds.